The van der Waals surface area contributed by atoms with Gasteiger partial charge in [0.1, 0.15) is 18.1 Å². The zero-order valence-electron chi connectivity index (χ0n) is 13.9. The molecule has 0 bridgehead atoms. The van der Waals surface area contributed by atoms with Crippen molar-refractivity contribution in [3.63, 3.8) is 0 Å². The second kappa shape index (κ2) is 8.22. The van der Waals surface area contributed by atoms with Crippen molar-refractivity contribution in [1.82, 2.24) is 5.32 Å². The summed E-state index contributed by atoms with van der Waals surface area (Å²) in [6, 6.07) is 13.6. The standard InChI is InChI=1S/C19H23NO3/c1-4-8-15-17(23-13-14-9-6-5-7-10-14)12-11-16(18(15)22-3)19(21)20-2/h5-7,9-12H,4,8,13H2,1-3H3,(H,20,21). The first kappa shape index (κ1) is 16.9. The van der Waals surface area contributed by atoms with Gasteiger partial charge in [0.2, 0.25) is 0 Å². The molecule has 23 heavy (non-hydrogen) atoms. The van der Waals surface area contributed by atoms with Gasteiger partial charge < -0.3 is 14.8 Å². The van der Waals surface area contributed by atoms with Crippen LogP contribution < -0.4 is 14.8 Å². The van der Waals surface area contributed by atoms with E-state index < -0.39 is 0 Å². The van der Waals surface area contributed by atoms with Crippen molar-refractivity contribution in [2.75, 3.05) is 14.2 Å². The lowest BCUT2D eigenvalue weighted by Gasteiger charge is -2.17. The van der Waals surface area contributed by atoms with Gasteiger partial charge in [0.25, 0.3) is 5.91 Å². The maximum absolute atomic E-state index is 12.0. The molecule has 0 heterocycles. The molecule has 2 aromatic rings. The van der Waals surface area contributed by atoms with Crippen LogP contribution in [0.4, 0.5) is 0 Å². The van der Waals surface area contributed by atoms with Gasteiger partial charge in [0.15, 0.2) is 0 Å². The lowest BCUT2D eigenvalue weighted by Crippen LogP contribution is -2.19. The molecule has 0 aliphatic carbocycles. The Bertz CT molecular complexity index is 653. The van der Waals surface area contributed by atoms with E-state index in [1.54, 1.807) is 20.2 Å². The predicted octanol–water partition coefficient (Wildman–Crippen LogP) is 3.59. The maximum Gasteiger partial charge on any atom is 0.254 e. The van der Waals surface area contributed by atoms with E-state index in [4.69, 9.17) is 9.47 Å². The highest BCUT2D eigenvalue weighted by atomic mass is 16.5. The molecular weight excluding hydrogens is 290 g/mol. The van der Waals surface area contributed by atoms with Crippen LogP contribution >= 0.6 is 0 Å². The van der Waals surface area contributed by atoms with Gasteiger partial charge in [-0.3, -0.25) is 4.79 Å². The Balaban J connectivity index is 2.33. The number of amides is 1. The molecule has 0 spiro atoms. The zero-order valence-corrected chi connectivity index (χ0v) is 13.9. The quantitative estimate of drug-likeness (QED) is 0.850. The van der Waals surface area contributed by atoms with E-state index >= 15 is 0 Å². The number of ether oxygens (including phenoxy) is 2. The van der Waals surface area contributed by atoms with Crippen molar-refractivity contribution in [3.05, 3.63) is 59.2 Å². The summed E-state index contributed by atoms with van der Waals surface area (Å²) in [6.45, 7) is 2.58. The first-order chi connectivity index (χ1) is 11.2. The van der Waals surface area contributed by atoms with Crippen LogP contribution in [0, 0.1) is 0 Å². The monoisotopic (exact) mass is 313 g/mol. The number of nitrogens with one attached hydrogen (secondary N) is 1. The average molecular weight is 313 g/mol. The highest BCUT2D eigenvalue weighted by Gasteiger charge is 2.18. The summed E-state index contributed by atoms with van der Waals surface area (Å²) in [7, 11) is 3.20. The van der Waals surface area contributed by atoms with Crippen LogP contribution in [0.2, 0.25) is 0 Å². The summed E-state index contributed by atoms with van der Waals surface area (Å²) < 4.78 is 11.5. The fourth-order valence-corrected chi connectivity index (χ4v) is 2.51. The Labute approximate surface area is 137 Å². The van der Waals surface area contributed by atoms with Crippen LogP contribution in [0.15, 0.2) is 42.5 Å². The minimum atomic E-state index is -0.159. The molecule has 0 saturated heterocycles. The van der Waals surface area contributed by atoms with E-state index in [9.17, 15) is 4.79 Å². The largest absolute Gasteiger partial charge is 0.495 e. The second-order valence-electron chi connectivity index (χ2n) is 5.23. The molecule has 122 valence electrons. The molecule has 0 aliphatic heterocycles. The summed E-state index contributed by atoms with van der Waals surface area (Å²) >= 11 is 0. The minimum Gasteiger partial charge on any atom is -0.495 e. The number of carbonyl (C=O) groups excluding carboxylic acids is 1. The summed E-state index contributed by atoms with van der Waals surface area (Å²) in [5, 5.41) is 2.64. The summed E-state index contributed by atoms with van der Waals surface area (Å²) in [5.41, 5.74) is 2.57. The van der Waals surface area contributed by atoms with E-state index in [-0.39, 0.29) is 5.91 Å². The fourth-order valence-electron chi connectivity index (χ4n) is 2.51. The van der Waals surface area contributed by atoms with Gasteiger partial charge in [-0.1, -0.05) is 43.7 Å². The zero-order chi connectivity index (χ0) is 16.7. The van der Waals surface area contributed by atoms with Crippen molar-refractivity contribution >= 4 is 5.91 Å². The number of rotatable bonds is 7. The van der Waals surface area contributed by atoms with Gasteiger partial charge in [0.05, 0.1) is 12.7 Å². The van der Waals surface area contributed by atoms with E-state index in [1.165, 1.54) is 0 Å². The van der Waals surface area contributed by atoms with E-state index in [0.29, 0.717) is 17.9 Å². The molecule has 0 aromatic heterocycles. The van der Waals surface area contributed by atoms with Crippen LogP contribution in [0.3, 0.4) is 0 Å². The van der Waals surface area contributed by atoms with Gasteiger partial charge in [-0.05, 0) is 24.1 Å². The molecule has 4 heteroatoms. The third kappa shape index (κ3) is 4.03. The lowest BCUT2D eigenvalue weighted by molar-refractivity contribution is 0.0959. The van der Waals surface area contributed by atoms with Crippen LogP contribution in [0.1, 0.15) is 34.8 Å². The molecule has 2 aromatic carbocycles. The highest BCUT2D eigenvalue weighted by molar-refractivity contribution is 5.97. The van der Waals surface area contributed by atoms with Gasteiger partial charge >= 0.3 is 0 Å². The first-order valence-electron chi connectivity index (χ1n) is 7.79. The van der Waals surface area contributed by atoms with Crippen LogP contribution in [-0.2, 0) is 13.0 Å². The number of methoxy groups -OCH3 is 1. The van der Waals surface area contributed by atoms with Crippen molar-refractivity contribution in [2.24, 2.45) is 0 Å². The summed E-state index contributed by atoms with van der Waals surface area (Å²) in [4.78, 5) is 12.0. The molecule has 1 amide bonds. The Morgan fingerprint density at radius 2 is 1.87 bits per heavy atom. The normalized spacial score (nSPS) is 10.2. The molecule has 0 fully saturated rings. The minimum absolute atomic E-state index is 0.159. The van der Waals surface area contributed by atoms with Gasteiger partial charge in [0, 0.05) is 12.6 Å². The summed E-state index contributed by atoms with van der Waals surface area (Å²) in [5.74, 6) is 1.20. The van der Waals surface area contributed by atoms with Gasteiger partial charge in [-0.2, -0.15) is 0 Å². The lowest BCUT2D eigenvalue weighted by atomic mass is 10.0. The Hall–Kier alpha value is -2.49. The molecule has 4 nitrogen and oxygen atoms in total. The SMILES string of the molecule is CCCc1c(OCc2ccccc2)ccc(C(=O)NC)c1OC. The molecule has 0 radical (unpaired) electrons. The third-order valence-electron chi connectivity index (χ3n) is 3.63. The van der Waals surface area contributed by atoms with Crippen LogP contribution in [0.25, 0.3) is 0 Å². The van der Waals surface area contributed by atoms with E-state index in [2.05, 4.69) is 12.2 Å². The van der Waals surface area contributed by atoms with Crippen molar-refractivity contribution in [2.45, 2.75) is 26.4 Å². The van der Waals surface area contributed by atoms with E-state index in [0.717, 1.165) is 29.7 Å². The van der Waals surface area contributed by atoms with Crippen molar-refractivity contribution < 1.29 is 14.3 Å². The number of benzene rings is 2. The smallest absolute Gasteiger partial charge is 0.254 e. The van der Waals surface area contributed by atoms with E-state index in [1.807, 2.05) is 36.4 Å². The van der Waals surface area contributed by atoms with Crippen LogP contribution in [0.5, 0.6) is 11.5 Å². The first-order valence-corrected chi connectivity index (χ1v) is 7.79. The van der Waals surface area contributed by atoms with Gasteiger partial charge in [-0.25, -0.2) is 0 Å². The Morgan fingerprint density at radius 3 is 2.48 bits per heavy atom. The topological polar surface area (TPSA) is 47.6 Å². The predicted molar refractivity (Wildman–Crippen MR) is 91.2 cm³/mol. The van der Waals surface area contributed by atoms with Crippen molar-refractivity contribution in [1.29, 1.82) is 0 Å². The Morgan fingerprint density at radius 1 is 1.13 bits per heavy atom. The second-order valence-corrected chi connectivity index (χ2v) is 5.23. The molecule has 0 saturated carbocycles. The van der Waals surface area contributed by atoms with Gasteiger partial charge in [-0.15, -0.1) is 0 Å². The average Bonchev–Trinajstić information content (AvgIpc) is 2.60. The number of carbonyl (C=O) groups is 1. The molecule has 0 aliphatic rings. The molecular formula is C19H23NO3. The molecule has 0 atom stereocenters. The molecule has 2 rings (SSSR count). The molecule has 1 N–H and O–H groups in total. The number of hydrogen-bond acceptors (Lipinski definition) is 3. The molecule has 0 unspecified atom stereocenters. The third-order valence-corrected chi connectivity index (χ3v) is 3.63. The van der Waals surface area contributed by atoms with Crippen molar-refractivity contribution in [3.8, 4) is 11.5 Å². The Kier molecular flexibility index (Phi) is 6.03. The van der Waals surface area contributed by atoms with Crippen LogP contribution in [-0.4, -0.2) is 20.1 Å². The number of hydrogen-bond donors (Lipinski definition) is 1. The maximum atomic E-state index is 12.0. The summed E-state index contributed by atoms with van der Waals surface area (Å²) in [6.07, 6.45) is 1.73. The fraction of sp³-hybridized carbons (Fsp3) is 0.316. The highest BCUT2D eigenvalue weighted by Crippen LogP contribution is 2.34.